The van der Waals surface area contributed by atoms with Crippen LogP contribution in [0.5, 0.6) is 5.75 Å². The maximum Gasteiger partial charge on any atom is 0.442 e. The van der Waals surface area contributed by atoms with Crippen LogP contribution in [-0.2, 0) is 9.47 Å². The van der Waals surface area contributed by atoms with E-state index < -0.39 is 35.3 Å². The van der Waals surface area contributed by atoms with Gasteiger partial charge in [-0.3, -0.25) is 4.90 Å². The van der Waals surface area contributed by atoms with Gasteiger partial charge in [0.15, 0.2) is 6.10 Å². The van der Waals surface area contributed by atoms with Gasteiger partial charge in [0.25, 0.3) is 0 Å². The quantitative estimate of drug-likeness (QED) is 0.693. The maximum absolute atomic E-state index is 13.1. The molecule has 0 spiro atoms. The minimum Gasteiger partial charge on any atom is -0.497 e. The summed E-state index contributed by atoms with van der Waals surface area (Å²) in [7, 11) is 1.58. The Labute approximate surface area is 188 Å². The van der Waals surface area contributed by atoms with Gasteiger partial charge in [-0.1, -0.05) is 13.8 Å². The fourth-order valence-corrected chi connectivity index (χ4v) is 3.98. The molecule has 3 rings (SSSR count). The summed E-state index contributed by atoms with van der Waals surface area (Å²) in [6.45, 7) is 14.8. The van der Waals surface area contributed by atoms with Crippen LogP contribution in [0.4, 0.5) is 4.79 Å². The Morgan fingerprint density at radius 1 is 1.25 bits per heavy atom. The molecule has 1 saturated heterocycles. The second-order valence-corrected chi connectivity index (χ2v) is 9.84. The van der Waals surface area contributed by atoms with Crippen molar-refractivity contribution in [3.63, 3.8) is 0 Å². The van der Waals surface area contributed by atoms with Crippen LogP contribution in [0.1, 0.15) is 66.0 Å². The van der Waals surface area contributed by atoms with Gasteiger partial charge in [-0.2, -0.15) is 4.68 Å². The average Bonchev–Trinajstić information content (AvgIpc) is 3.17. The van der Waals surface area contributed by atoms with Crippen molar-refractivity contribution < 1.29 is 23.4 Å². The fourth-order valence-electron chi connectivity index (χ4n) is 3.98. The van der Waals surface area contributed by atoms with E-state index in [2.05, 4.69) is 5.10 Å². The molecule has 1 aliphatic heterocycles. The lowest BCUT2D eigenvalue weighted by molar-refractivity contribution is -0.0841. The summed E-state index contributed by atoms with van der Waals surface area (Å²) in [5.41, 5.74) is -0.268. The average molecular weight is 448 g/mol. The Bertz CT molecular complexity index is 1050. The Hall–Kier alpha value is -2.81. The van der Waals surface area contributed by atoms with E-state index in [1.807, 2.05) is 47.6 Å². The first-order chi connectivity index (χ1) is 14.7. The van der Waals surface area contributed by atoms with Crippen molar-refractivity contribution in [1.29, 1.82) is 0 Å². The van der Waals surface area contributed by atoms with Gasteiger partial charge in [-0.15, -0.1) is 5.10 Å². The van der Waals surface area contributed by atoms with Crippen LogP contribution in [-0.4, -0.2) is 45.3 Å². The Balaban J connectivity index is 2.02. The number of methoxy groups -OCH3 is 1. The molecule has 2 heterocycles. The summed E-state index contributed by atoms with van der Waals surface area (Å²) in [6.07, 6.45) is -1.22. The third-order valence-electron chi connectivity index (χ3n) is 5.32. The minimum absolute atomic E-state index is 0.0209. The molecule has 1 aromatic carbocycles. The van der Waals surface area contributed by atoms with E-state index in [1.165, 1.54) is 4.68 Å². The highest BCUT2D eigenvalue weighted by Gasteiger charge is 2.54. The number of hydrogen-bond acceptors (Lipinski definition) is 7. The first-order valence-corrected chi connectivity index (χ1v) is 10.7. The van der Waals surface area contributed by atoms with E-state index in [1.54, 1.807) is 38.0 Å². The molecule has 0 N–H and O–H groups in total. The van der Waals surface area contributed by atoms with Gasteiger partial charge in [0.1, 0.15) is 17.1 Å². The summed E-state index contributed by atoms with van der Waals surface area (Å²) in [5.74, 6) is 0.139. The first-order valence-electron chi connectivity index (χ1n) is 10.7. The van der Waals surface area contributed by atoms with Gasteiger partial charge in [0.2, 0.25) is 5.89 Å². The molecule has 176 valence electrons. The van der Waals surface area contributed by atoms with Crippen molar-refractivity contribution in [2.75, 3.05) is 7.11 Å². The highest BCUT2D eigenvalue weighted by Crippen LogP contribution is 2.44. The molecule has 1 fully saturated rings. The van der Waals surface area contributed by atoms with Gasteiger partial charge in [0, 0.05) is 0 Å². The van der Waals surface area contributed by atoms with E-state index >= 15 is 0 Å². The van der Waals surface area contributed by atoms with E-state index in [4.69, 9.17) is 18.6 Å². The third-order valence-corrected chi connectivity index (χ3v) is 5.32. The molecule has 9 nitrogen and oxygen atoms in total. The number of rotatable bonds is 4. The molecule has 0 saturated carbocycles. The maximum atomic E-state index is 13.1. The number of carbonyl (C=O) groups is 1. The fraction of sp³-hybridized carbons (Fsp3) is 0.609. The summed E-state index contributed by atoms with van der Waals surface area (Å²) < 4.78 is 23.8. The van der Waals surface area contributed by atoms with E-state index in [9.17, 15) is 9.59 Å². The van der Waals surface area contributed by atoms with Crippen molar-refractivity contribution in [3.05, 3.63) is 40.2 Å². The van der Waals surface area contributed by atoms with Gasteiger partial charge in [0.05, 0.1) is 18.8 Å². The van der Waals surface area contributed by atoms with Crippen molar-refractivity contribution in [2.45, 2.75) is 78.9 Å². The lowest BCUT2D eigenvalue weighted by atomic mass is 9.97. The highest BCUT2D eigenvalue weighted by molar-refractivity contribution is 5.70. The number of benzene rings is 1. The summed E-state index contributed by atoms with van der Waals surface area (Å²) >= 11 is 0. The van der Waals surface area contributed by atoms with E-state index in [0.717, 1.165) is 5.56 Å². The van der Waals surface area contributed by atoms with Crippen LogP contribution < -0.4 is 10.5 Å². The van der Waals surface area contributed by atoms with Gasteiger partial charge in [-0.25, -0.2) is 9.59 Å². The molecule has 2 atom stereocenters. The number of ether oxygens (including phenoxy) is 3. The van der Waals surface area contributed by atoms with Crippen LogP contribution in [0.3, 0.4) is 0 Å². The number of aryl methyl sites for hydroxylation is 1. The lowest BCUT2D eigenvalue weighted by Crippen LogP contribution is -2.51. The molecule has 9 heteroatoms. The minimum atomic E-state index is -0.986. The molecule has 1 amide bonds. The predicted molar refractivity (Wildman–Crippen MR) is 118 cm³/mol. The largest absolute Gasteiger partial charge is 0.497 e. The number of carbonyl (C=O) groups excluding carboxylic acids is 1. The van der Waals surface area contributed by atoms with Crippen molar-refractivity contribution in [2.24, 2.45) is 5.92 Å². The monoisotopic (exact) mass is 447 g/mol. The smallest absolute Gasteiger partial charge is 0.442 e. The second-order valence-electron chi connectivity index (χ2n) is 9.84. The Morgan fingerprint density at radius 2 is 1.91 bits per heavy atom. The SMILES string of the molecule is COc1ccc(-n2nc([C@@H]3OC(C)(C)N(C(=O)OC(C)(C)C)[C@H]3C(C)C)oc2=O)c(C)c1. The van der Waals surface area contributed by atoms with Crippen molar-refractivity contribution in [3.8, 4) is 11.4 Å². The third kappa shape index (κ3) is 4.53. The first kappa shape index (κ1) is 23.8. The Morgan fingerprint density at radius 3 is 2.44 bits per heavy atom. The summed E-state index contributed by atoms with van der Waals surface area (Å²) in [5, 5.41) is 4.44. The predicted octanol–water partition coefficient (Wildman–Crippen LogP) is 4.21. The zero-order valence-corrected chi connectivity index (χ0v) is 20.3. The molecule has 32 heavy (non-hydrogen) atoms. The van der Waals surface area contributed by atoms with Crippen LogP contribution >= 0.6 is 0 Å². The van der Waals surface area contributed by atoms with Gasteiger partial charge in [-0.05, 0) is 71.2 Å². The van der Waals surface area contributed by atoms with Crippen LogP contribution in [0.2, 0.25) is 0 Å². The van der Waals surface area contributed by atoms with Crippen molar-refractivity contribution >= 4 is 6.09 Å². The van der Waals surface area contributed by atoms with E-state index in [0.29, 0.717) is 11.4 Å². The molecule has 0 radical (unpaired) electrons. The Kier molecular flexibility index (Phi) is 6.16. The summed E-state index contributed by atoms with van der Waals surface area (Å²) in [6, 6.07) is 4.86. The van der Waals surface area contributed by atoms with Gasteiger partial charge < -0.3 is 18.6 Å². The number of nitrogens with zero attached hydrogens (tertiary/aromatic N) is 3. The molecule has 0 unspecified atom stereocenters. The highest BCUT2D eigenvalue weighted by atomic mass is 16.6. The number of aromatic nitrogens is 2. The molecule has 1 aromatic heterocycles. The number of hydrogen-bond donors (Lipinski definition) is 0. The van der Waals surface area contributed by atoms with Gasteiger partial charge >= 0.3 is 11.8 Å². The van der Waals surface area contributed by atoms with Crippen LogP contribution in [0, 0.1) is 12.8 Å². The molecular formula is C23H33N3O6. The zero-order chi connectivity index (χ0) is 24.0. The molecule has 0 aliphatic carbocycles. The number of amides is 1. The molecule has 0 bridgehead atoms. The van der Waals surface area contributed by atoms with Crippen LogP contribution in [0.25, 0.3) is 5.69 Å². The lowest BCUT2D eigenvalue weighted by Gasteiger charge is -2.36. The standard InChI is InChI=1S/C23H33N3O6/c1-13(2)17-18(31-23(7,8)25(17)20(27)32-22(4,5)6)19-24-26(21(28)30-19)16-11-10-15(29-9)12-14(16)3/h10-13,17-18H,1-9H3/t17-,18+/m0/s1. The molecular weight excluding hydrogens is 414 g/mol. The normalized spacial score (nSPS) is 20.6. The zero-order valence-electron chi connectivity index (χ0n) is 20.3. The topological polar surface area (TPSA) is 96.0 Å². The summed E-state index contributed by atoms with van der Waals surface area (Å²) in [4.78, 5) is 27.3. The van der Waals surface area contributed by atoms with Crippen LogP contribution in [0.15, 0.2) is 27.4 Å². The molecule has 2 aromatic rings. The molecule has 1 aliphatic rings. The second kappa shape index (κ2) is 8.27. The van der Waals surface area contributed by atoms with E-state index in [-0.39, 0.29) is 11.8 Å². The van der Waals surface area contributed by atoms with Crippen molar-refractivity contribution in [1.82, 2.24) is 14.7 Å².